The van der Waals surface area contributed by atoms with Crippen molar-refractivity contribution in [3.05, 3.63) is 47.1 Å². The van der Waals surface area contributed by atoms with E-state index in [4.69, 9.17) is 13.9 Å². The highest BCUT2D eigenvalue weighted by molar-refractivity contribution is 8.18. The van der Waals surface area contributed by atoms with Gasteiger partial charge in [0.15, 0.2) is 11.1 Å². The Balaban J connectivity index is 1.51. The molecule has 0 saturated carbocycles. The van der Waals surface area contributed by atoms with Crippen molar-refractivity contribution in [1.29, 1.82) is 0 Å². The van der Waals surface area contributed by atoms with E-state index in [-0.39, 0.29) is 5.91 Å². The predicted octanol–water partition coefficient (Wildman–Crippen LogP) is 3.36. The summed E-state index contributed by atoms with van der Waals surface area (Å²) in [6.07, 6.45) is 1.77. The molecule has 1 amide bonds. The summed E-state index contributed by atoms with van der Waals surface area (Å²) in [5, 5.41) is 0.626. The van der Waals surface area contributed by atoms with Gasteiger partial charge in [0.1, 0.15) is 11.5 Å². The Morgan fingerprint density at radius 1 is 1.14 bits per heavy atom. The largest absolute Gasteiger partial charge is 0.497 e. The van der Waals surface area contributed by atoms with E-state index in [9.17, 15) is 4.79 Å². The molecular formula is C20H21N3O4S. The number of hydrogen-bond acceptors (Lipinski definition) is 7. The molecule has 0 aliphatic carbocycles. The van der Waals surface area contributed by atoms with E-state index in [1.165, 1.54) is 11.8 Å². The fraction of sp³-hybridized carbons (Fsp3) is 0.300. The first-order valence-electron chi connectivity index (χ1n) is 8.97. The second-order valence-corrected chi connectivity index (χ2v) is 7.35. The van der Waals surface area contributed by atoms with Crippen LogP contribution in [0.15, 0.2) is 50.7 Å². The zero-order valence-corrected chi connectivity index (χ0v) is 16.6. The Morgan fingerprint density at radius 2 is 1.89 bits per heavy atom. The molecule has 146 valence electrons. The van der Waals surface area contributed by atoms with Gasteiger partial charge in [0.25, 0.3) is 5.91 Å². The molecule has 8 heteroatoms. The topological polar surface area (TPSA) is 67.5 Å². The average Bonchev–Trinajstić information content (AvgIpc) is 3.30. The van der Waals surface area contributed by atoms with Crippen LogP contribution in [0.2, 0.25) is 0 Å². The van der Waals surface area contributed by atoms with Crippen molar-refractivity contribution in [2.45, 2.75) is 0 Å². The lowest BCUT2D eigenvalue weighted by atomic mass is 10.3. The van der Waals surface area contributed by atoms with Crippen LogP contribution in [0.4, 0.5) is 11.6 Å². The van der Waals surface area contributed by atoms with Gasteiger partial charge in [-0.3, -0.25) is 9.69 Å². The van der Waals surface area contributed by atoms with Gasteiger partial charge in [0.05, 0.1) is 30.9 Å². The van der Waals surface area contributed by atoms with Crippen molar-refractivity contribution < 1.29 is 18.7 Å². The first kappa shape index (κ1) is 18.6. The first-order valence-corrected chi connectivity index (χ1v) is 9.78. The molecule has 2 aromatic rings. The standard InChI is InChI=1S/C20H21N3O4S/c1-22-19(24)17(28-20(22)21-14-3-5-15(25-2)6-4-14)13-16-7-8-18(27-16)23-9-11-26-12-10-23/h3-8,13H,9-12H2,1-2H3. The van der Waals surface area contributed by atoms with Crippen LogP contribution in [0.5, 0.6) is 5.75 Å². The molecule has 0 bridgehead atoms. The lowest BCUT2D eigenvalue weighted by Crippen LogP contribution is -2.35. The number of nitrogens with zero attached hydrogens (tertiary/aromatic N) is 3. The number of ether oxygens (including phenoxy) is 2. The molecular weight excluding hydrogens is 378 g/mol. The number of furan rings is 1. The zero-order valence-electron chi connectivity index (χ0n) is 15.8. The van der Waals surface area contributed by atoms with Crippen molar-refractivity contribution >= 4 is 40.5 Å². The number of amides is 1. The highest BCUT2D eigenvalue weighted by Crippen LogP contribution is 2.34. The Labute approximate surface area is 167 Å². The van der Waals surface area contributed by atoms with Gasteiger partial charge >= 0.3 is 0 Å². The number of methoxy groups -OCH3 is 1. The molecule has 3 heterocycles. The number of benzene rings is 1. The summed E-state index contributed by atoms with van der Waals surface area (Å²) >= 11 is 1.33. The van der Waals surface area contributed by atoms with E-state index in [2.05, 4.69) is 9.89 Å². The van der Waals surface area contributed by atoms with Gasteiger partial charge in [-0.2, -0.15) is 0 Å². The highest BCUT2D eigenvalue weighted by Gasteiger charge is 2.30. The quantitative estimate of drug-likeness (QED) is 0.735. The highest BCUT2D eigenvalue weighted by atomic mass is 32.2. The van der Waals surface area contributed by atoms with Gasteiger partial charge in [-0.05, 0) is 42.1 Å². The van der Waals surface area contributed by atoms with Gasteiger partial charge in [-0.1, -0.05) is 0 Å². The molecule has 2 fully saturated rings. The number of likely N-dealkylation sites (N-methyl/N-ethyl adjacent to an activating group) is 1. The fourth-order valence-corrected chi connectivity index (χ4v) is 3.89. The minimum Gasteiger partial charge on any atom is -0.497 e. The van der Waals surface area contributed by atoms with Gasteiger partial charge in [-0.25, -0.2) is 4.99 Å². The summed E-state index contributed by atoms with van der Waals surface area (Å²) < 4.78 is 16.4. The van der Waals surface area contributed by atoms with Crippen LogP contribution in [0.3, 0.4) is 0 Å². The van der Waals surface area contributed by atoms with Crippen molar-refractivity contribution in [3.63, 3.8) is 0 Å². The Kier molecular flexibility index (Phi) is 5.40. The van der Waals surface area contributed by atoms with E-state index < -0.39 is 0 Å². The number of thioether (sulfide) groups is 1. The summed E-state index contributed by atoms with van der Waals surface area (Å²) in [7, 11) is 3.34. The number of anilines is 1. The second-order valence-electron chi connectivity index (χ2n) is 6.34. The predicted molar refractivity (Wildman–Crippen MR) is 110 cm³/mol. The molecule has 0 unspecified atom stereocenters. The van der Waals surface area contributed by atoms with Gasteiger partial charge in [-0.15, -0.1) is 0 Å². The van der Waals surface area contributed by atoms with E-state index in [1.807, 2.05) is 36.4 Å². The molecule has 0 N–H and O–H groups in total. The van der Waals surface area contributed by atoms with Gasteiger partial charge in [0, 0.05) is 32.3 Å². The van der Waals surface area contributed by atoms with Gasteiger partial charge < -0.3 is 18.8 Å². The maximum atomic E-state index is 12.6. The van der Waals surface area contributed by atoms with Crippen LogP contribution in [0, 0.1) is 0 Å². The molecule has 4 rings (SSSR count). The molecule has 28 heavy (non-hydrogen) atoms. The van der Waals surface area contributed by atoms with Crippen LogP contribution in [-0.2, 0) is 9.53 Å². The van der Waals surface area contributed by atoms with Crippen LogP contribution in [0.1, 0.15) is 5.76 Å². The van der Waals surface area contributed by atoms with Crippen molar-refractivity contribution in [2.24, 2.45) is 4.99 Å². The summed E-state index contributed by atoms with van der Waals surface area (Å²) in [5.74, 6) is 2.12. The molecule has 0 atom stereocenters. The number of aliphatic imine (C=N–C) groups is 1. The number of carbonyl (C=O) groups excluding carboxylic acids is 1. The number of hydrogen-bond donors (Lipinski definition) is 0. The number of rotatable bonds is 4. The SMILES string of the molecule is COc1ccc(N=C2SC(=Cc3ccc(N4CCOCC4)o3)C(=O)N2C)cc1. The summed E-state index contributed by atoms with van der Waals surface area (Å²) in [6.45, 7) is 3.00. The smallest absolute Gasteiger partial charge is 0.266 e. The van der Waals surface area contributed by atoms with Crippen LogP contribution in [-0.4, -0.2) is 56.4 Å². The van der Waals surface area contributed by atoms with Crippen LogP contribution < -0.4 is 9.64 Å². The average molecular weight is 399 g/mol. The summed E-state index contributed by atoms with van der Waals surface area (Å²) in [5.41, 5.74) is 0.761. The molecule has 0 spiro atoms. The molecule has 2 aliphatic rings. The monoisotopic (exact) mass is 399 g/mol. The maximum absolute atomic E-state index is 12.6. The Bertz CT molecular complexity index is 914. The third-order valence-corrected chi connectivity index (χ3v) is 5.57. The zero-order chi connectivity index (χ0) is 19.5. The lowest BCUT2D eigenvalue weighted by Gasteiger charge is -2.26. The molecule has 2 saturated heterocycles. The normalized spacial score (nSPS) is 20.4. The van der Waals surface area contributed by atoms with Crippen LogP contribution in [0.25, 0.3) is 6.08 Å². The lowest BCUT2D eigenvalue weighted by molar-refractivity contribution is -0.121. The number of morpholine rings is 1. The summed E-state index contributed by atoms with van der Waals surface area (Å²) in [4.78, 5) is 21.4. The Morgan fingerprint density at radius 3 is 2.61 bits per heavy atom. The number of carbonyl (C=O) groups is 1. The molecule has 7 nitrogen and oxygen atoms in total. The van der Waals surface area contributed by atoms with E-state index in [0.29, 0.717) is 29.0 Å². The fourth-order valence-electron chi connectivity index (χ4n) is 2.92. The molecule has 0 radical (unpaired) electrons. The molecule has 1 aromatic carbocycles. The summed E-state index contributed by atoms with van der Waals surface area (Å²) in [6, 6.07) is 11.2. The van der Waals surface area contributed by atoms with E-state index in [0.717, 1.165) is 30.4 Å². The van der Waals surface area contributed by atoms with E-state index >= 15 is 0 Å². The molecule has 1 aromatic heterocycles. The third kappa shape index (κ3) is 3.93. The number of amidine groups is 1. The first-order chi connectivity index (χ1) is 13.6. The van der Waals surface area contributed by atoms with Crippen molar-refractivity contribution in [2.75, 3.05) is 45.4 Å². The third-order valence-electron chi connectivity index (χ3n) is 4.51. The van der Waals surface area contributed by atoms with Crippen molar-refractivity contribution in [1.82, 2.24) is 4.90 Å². The van der Waals surface area contributed by atoms with Crippen molar-refractivity contribution in [3.8, 4) is 5.75 Å². The van der Waals surface area contributed by atoms with Crippen LogP contribution >= 0.6 is 11.8 Å². The second kappa shape index (κ2) is 8.12. The Hall–Kier alpha value is -2.71. The maximum Gasteiger partial charge on any atom is 0.266 e. The van der Waals surface area contributed by atoms with E-state index in [1.54, 1.807) is 25.1 Å². The van der Waals surface area contributed by atoms with Gasteiger partial charge in [0.2, 0.25) is 0 Å². The minimum absolute atomic E-state index is 0.0958. The minimum atomic E-state index is -0.0958. The molecule has 2 aliphatic heterocycles.